The van der Waals surface area contributed by atoms with Crippen molar-refractivity contribution in [3.05, 3.63) is 25.3 Å². The van der Waals surface area contributed by atoms with Gasteiger partial charge in [-0.15, -0.1) is 0 Å². The summed E-state index contributed by atoms with van der Waals surface area (Å²) in [5.41, 5.74) is 7.23. The second kappa shape index (κ2) is 4.31. The second-order valence-corrected chi connectivity index (χ2v) is 1.42. The predicted molar refractivity (Wildman–Crippen MR) is 40.5 cm³/mol. The Morgan fingerprint density at radius 3 is 2.30 bits per heavy atom. The van der Waals surface area contributed by atoms with Crippen molar-refractivity contribution in [1.82, 2.24) is 5.43 Å². The van der Waals surface area contributed by atoms with Crippen LogP contribution in [0.2, 0.25) is 0 Å². The molecule has 0 radical (unpaired) electrons. The van der Waals surface area contributed by atoms with Crippen molar-refractivity contribution in [3.63, 3.8) is 0 Å². The van der Waals surface area contributed by atoms with Crippen LogP contribution in [-0.4, -0.2) is 11.7 Å². The molecule has 54 valence electrons. The van der Waals surface area contributed by atoms with E-state index in [-0.39, 0.29) is 0 Å². The summed E-state index contributed by atoms with van der Waals surface area (Å²) in [6.45, 7) is 6.83. The van der Waals surface area contributed by atoms with Crippen LogP contribution in [-0.2, 0) is 0 Å². The number of urea groups is 1. The van der Waals surface area contributed by atoms with Crippen molar-refractivity contribution in [2.45, 2.75) is 0 Å². The number of hydrogen-bond donors (Lipinski definition) is 2. The van der Waals surface area contributed by atoms with Gasteiger partial charge in [0.25, 0.3) is 0 Å². The summed E-state index contributed by atoms with van der Waals surface area (Å²) < 4.78 is 0. The highest BCUT2D eigenvalue weighted by Crippen LogP contribution is 1.77. The van der Waals surface area contributed by atoms with Crippen LogP contribution in [0.1, 0.15) is 0 Å². The Bertz CT molecular complexity index is 173. The van der Waals surface area contributed by atoms with Gasteiger partial charge in [0.2, 0.25) is 0 Å². The van der Waals surface area contributed by atoms with Crippen LogP contribution in [0.3, 0.4) is 0 Å². The number of allylic oxidation sites excluding steroid dienone is 2. The smallest absolute Gasteiger partial charge is 0.332 e. The van der Waals surface area contributed by atoms with Crippen LogP contribution in [0.15, 0.2) is 30.4 Å². The molecule has 0 unspecified atom stereocenters. The summed E-state index contributed by atoms with van der Waals surface area (Å²) in [7, 11) is 0. The molecule has 4 nitrogen and oxygen atoms in total. The molecule has 0 aliphatic carbocycles. The summed E-state index contributed by atoms with van der Waals surface area (Å²) in [4.78, 5) is 10.1. The Labute approximate surface area is 59.1 Å². The molecule has 0 aromatic carbocycles. The molecule has 0 saturated heterocycles. The molecule has 0 atom stereocenters. The quantitative estimate of drug-likeness (QED) is 0.431. The molecule has 10 heavy (non-hydrogen) atoms. The molecule has 3 N–H and O–H groups in total. The fourth-order valence-electron chi connectivity index (χ4n) is 0.294. The molecule has 0 spiro atoms. The van der Waals surface area contributed by atoms with E-state index in [0.717, 1.165) is 0 Å². The van der Waals surface area contributed by atoms with Crippen molar-refractivity contribution >= 4 is 11.7 Å². The minimum Gasteiger partial charge on any atom is -0.350 e. The molecule has 0 fully saturated rings. The van der Waals surface area contributed by atoms with Gasteiger partial charge in [-0.1, -0.05) is 13.2 Å². The molecule has 0 aromatic heterocycles. The number of primary amides is 1. The Balaban J connectivity index is 3.98. The highest BCUT2D eigenvalue weighted by molar-refractivity contribution is 6.03. The second-order valence-electron chi connectivity index (χ2n) is 1.42. The largest absolute Gasteiger partial charge is 0.350 e. The molecule has 0 bridgehead atoms. The topological polar surface area (TPSA) is 67.5 Å². The van der Waals surface area contributed by atoms with Crippen LogP contribution < -0.4 is 11.2 Å². The van der Waals surface area contributed by atoms with E-state index in [0.29, 0.717) is 5.71 Å². The first kappa shape index (κ1) is 8.42. The molecule has 0 rings (SSSR count). The maximum atomic E-state index is 10.1. The number of rotatable bonds is 3. The van der Waals surface area contributed by atoms with E-state index in [9.17, 15) is 4.79 Å². The van der Waals surface area contributed by atoms with Crippen molar-refractivity contribution < 1.29 is 4.79 Å². The van der Waals surface area contributed by atoms with Crippen molar-refractivity contribution in [1.29, 1.82) is 0 Å². The van der Waals surface area contributed by atoms with Crippen LogP contribution >= 0.6 is 0 Å². The van der Waals surface area contributed by atoms with Gasteiger partial charge >= 0.3 is 6.03 Å². The molecular formula is C6H9N3O. The van der Waals surface area contributed by atoms with Gasteiger partial charge in [0.15, 0.2) is 0 Å². The summed E-state index contributed by atoms with van der Waals surface area (Å²) >= 11 is 0. The summed E-state index contributed by atoms with van der Waals surface area (Å²) in [6, 6.07) is -0.707. The predicted octanol–water partition coefficient (Wildman–Crippen LogP) is 0.383. The van der Waals surface area contributed by atoms with Gasteiger partial charge in [-0.3, -0.25) is 0 Å². The number of nitrogens with one attached hydrogen (secondary N) is 1. The average molecular weight is 139 g/mol. The number of nitrogens with two attached hydrogens (primary N) is 1. The zero-order valence-corrected chi connectivity index (χ0v) is 5.50. The molecule has 0 aromatic rings. The standard InChI is InChI=1S/C6H9N3O/c1-3-5(4-2)8-9-6(7)10/h3-4H,1-2H2,(H3,7,9,10). The van der Waals surface area contributed by atoms with Gasteiger partial charge in [0.1, 0.15) is 0 Å². The van der Waals surface area contributed by atoms with Gasteiger partial charge in [-0.05, 0) is 12.2 Å². The SMILES string of the molecule is C=CC(C=C)=NNC(N)=O. The maximum Gasteiger partial charge on any atom is 0.332 e. The maximum absolute atomic E-state index is 10.1. The van der Waals surface area contributed by atoms with Gasteiger partial charge in [0.05, 0.1) is 5.71 Å². The van der Waals surface area contributed by atoms with Gasteiger partial charge in [0, 0.05) is 0 Å². The van der Waals surface area contributed by atoms with E-state index in [1.807, 2.05) is 5.43 Å². The van der Waals surface area contributed by atoms with Crippen molar-refractivity contribution in [2.24, 2.45) is 10.8 Å². The number of nitrogens with zero attached hydrogens (tertiary/aromatic N) is 1. The van der Waals surface area contributed by atoms with Crippen molar-refractivity contribution in [3.8, 4) is 0 Å². The number of hydrogen-bond acceptors (Lipinski definition) is 2. The molecule has 0 aliphatic heterocycles. The van der Waals surface area contributed by atoms with E-state index in [1.54, 1.807) is 0 Å². The highest BCUT2D eigenvalue weighted by atomic mass is 16.2. The average Bonchev–Trinajstić information content (AvgIpc) is 1.90. The van der Waals surface area contributed by atoms with Crippen LogP contribution in [0.25, 0.3) is 0 Å². The summed E-state index contributed by atoms with van der Waals surface area (Å²) in [6.07, 6.45) is 2.89. The van der Waals surface area contributed by atoms with Gasteiger partial charge in [-0.2, -0.15) is 5.10 Å². The lowest BCUT2D eigenvalue weighted by Crippen LogP contribution is -2.25. The van der Waals surface area contributed by atoms with E-state index in [1.165, 1.54) is 12.2 Å². The molecular weight excluding hydrogens is 130 g/mol. The summed E-state index contributed by atoms with van der Waals surface area (Å²) in [5, 5.41) is 3.52. The lowest BCUT2D eigenvalue weighted by Gasteiger charge is -1.92. The monoisotopic (exact) mass is 139 g/mol. The summed E-state index contributed by atoms with van der Waals surface area (Å²) in [5.74, 6) is 0. The number of carbonyl (C=O) groups excluding carboxylic acids is 1. The third kappa shape index (κ3) is 3.43. The van der Waals surface area contributed by atoms with Crippen LogP contribution in [0.5, 0.6) is 0 Å². The zero-order valence-electron chi connectivity index (χ0n) is 5.50. The van der Waals surface area contributed by atoms with E-state index in [2.05, 4.69) is 18.3 Å². The molecule has 0 heterocycles. The van der Waals surface area contributed by atoms with E-state index in [4.69, 9.17) is 5.73 Å². The molecule has 0 aliphatic rings. The molecule has 2 amide bonds. The van der Waals surface area contributed by atoms with Crippen LogP contribution in [0.4, 0.5) is 4.79 Å². The number of hydrazone groups is 1. The number of amides is 2. The Kier molecular flexibility index (Phi) is 3.63. The highest BCUT2D eigenvalue weighted by Gasteiger charge is 1.86. The molecule has 0 saturated carbocycles. The van der Waals surface area contributed by atoms with Gasteiger partial charge < -0.3 is 5.73 Å². The lowest BCUT2D eigenvalue weighted by atomic mass is 10.4. The zero-order chi connectivity index (χ0) is 7.98. The van der Waals surface area contributed by atoms with Crippen LogP contribution in [0, 0.1) is 0 Å². The first-order valence-electron chi connectivity index (χ1n) is 2.58. The first-order valence-corrected chi connectivity index (χ1v) is 2.58. The normalized spacial score (nSPS) is 7.60. The molecule has 4 heteroatoms. The van der Waals surface area contributed by atoms with E-state index >= 15 is 0 Å². The lowest BCUT2D eigenvalue weighted by molar-refractivity contribution is 0.249. The Morgan fingerprint density at radius 2 is 2.00 bits per heavy atom. The van der Waals surface area contributed by atoms with Crippen molar-refractivity contribution in [2.75, 3.05) is 0 Å². The third-order valence-corrected chi connectivity index (χ3v) is 0.713. The fraction of sp³-hybridized carbons (Fsp3) is 0. The number of carbonyl (C=O) groups is 1. The Hall–Kier alpha value is -1.58. The fourth-order valence-corrected chi connectivity index (χ4v) is 0.294. The minimum atomic E-state index is -0.707. The Morgan fingerprint density at radius 1 is 1.50 bits per heavy atom. The first-order chi connectivity index (χ1) is 4.70. The third-order valence-electron chi connectivity index (χ3n) is 0.713. The van der Waals surface area contributed by atoms with E-state index < -0.39 is 6.03 Å². The van der Waals surface area contributed by atoms with Gasteiger partial charge in [-0.25, -0.2) is 10.2 Å². The minimum absolute atomic E-state index is 0.471.